The van der Waals surface area contributed by atoms with Gasteiger partial charge in [0.25, 0.3) is 0 Å². The van der Waals surface area contributed by atoms with Gasteiger partial charge < -0.3 is 15.2 Å². The van der Waals surface area contributed by atoms with Crippen LogP contribution >= 0.6 is 0 Å². The zero-order chi connectivity index (χ0) is 24.0. The number of carboxylic acids is 1. The van der Waals surface area contributed by atoms with Crippen molar-refractivity contribution in [3.05, 3.63) is 41.5 Å². The summed E-state index contributed by atoms with van der Waals surface area (Å²) < 4.78 is 48.4. The van der Waals surface area contributed by atoms with Crippen LogP contribution in [0.15, 0.2) is 30.3 Å². The van der Waals surface area contributed by atoms with Crippen molar-refractivity contribution in [2.24, 2.45) is 17.3 Å². The van der Waals surface area contributed by atoms with Gasteiger partial charge in [0.2, 0.25) is 0 Å². The Morgan fingerprint density at radius 2 is 1.82 bits per heavy atom. The van der Waals surface area contributed by atoms with E-state index in [9.17, 15) is 23.1 Å². The van der Waals surface area contributed by atoms with Crippen LogP contribution in [0.2, 0.25) is 0 Å². The lowest BCUT2D eigenvalue weighted by atomic mass is 9.58. The molecule has 4 rings (SSSR count). The standard InChI is InChI=1S/C26H32F3NO3/c1-15-4-9-18(10-5-15)33-21-11-8-17-7-6-16(12-19(17)23(21)26(27,28)29)14-30-22-13-20(24(31)32)25(22,2)3/h6-8,11-12,15,18,20,22,30H,4-5,9-10,13-14H2,1-3H3,(H,31,32). The molecule has 2 unspecified atom stereocenters. The molecule has 0 heterocycles. The van der Waals surface area contributed by atoms with Gasteiger partial charge in [-0.25, -0.2) is 0 Å². The average Bonchev–Trinajstić information content (AvgIpc) is 2.73. The number of alkyl halides is 3. The first-order valence-corrected chi connectivity index (χ1v) is 11.7. The molecule has 0 bridgehead atoms. The Labute approximate surface area is 192 Å². The largest absolute Gasteiger partial charge is 0.490 e. The van der Waals surface area contributed by atoms with Crippen molar-refractivity contribution in [3.63, 3.8) is 0 Å². The van der Waals surface area contributed by atoms with Crippen LogP contribution in [-0.2, 0) is 17.5 Å². The fourth-order valence-corrected chi connectivity index (χ4v) is 5.31. The summed E-state index contributed by atoms with van der Waals surface area (Å²) in [6.07, 6.45) is -0.725. The van der Waals surface area contributed by atoms with Crippen molar-refractivity contribution >= 4 is 16.7 Å². The molecule has 2 atom stereocenters. The molecule has 2 fully saturated rings. The Kier molecular flexibility index (Phi) is 6.38. The summed E-state index contributed by atoms with van der Waals surface area (Å²) in [6, 6.07) is 8.25. The third-order valence-corrected chi connectivity index (χ3v) is 7.71. The quantitative estimate of drug-likeness (QED) is 0.520. The summed E-state index contributed by atoms with van der Waals surface area (Å²) in [5.41, 5.74) is -0.389. The van der Waals surface area contributed by atoms with Crippen LogP contribution in [0, 0.1) is 17.3 Å². The van der Waals surface area contributed by atoms with Crippen molar-refractivity contribution in [3.8, 4) is 5.75 Å². The molecule has 0 radical (unpaired) electrons. The first-order valence-electron chi connectivity index (χ1n) is 11.7. The molecule has 7 heteroatoms. The number of hydrogen-bond donors (Lipinski definition) is 2. The summed E-state index contributed by atoms with van der Waals surface area (Å²) in [7, 11) is 0. The summed E-state index contributed by atoms with van der Waals surface area (Å²) in [6.45, 7) is 6.35. The highest BCUT2D eigenvalue weighted by atomic mass is 19.4. The van der Waals surface area contributed by atoms with E-state index in [0.29, 0.717) is 24.3 Å². The van der Waals surface area contributed by atoms with Gasteiger partial charge in [-0.1, -0.05) is 39.0 Å². The van der Waals surface area contributed by atoms with E-state index in [1.807, 2.05) is 19.9 Å². The fraction of sp³-hybridized carbons (Fsp3) is 0.577. The lowest BCUT2D eigenvalue weighted by molar-refractivity contribution is -0.155. The second-order valence-electron chi connectivity index (χ2n) is 10.4. The number of benzene rings is 2. The highest BCUT2D eigenvalue weighted by Crippen LogP contribution is 2.47. The van der Waals surface area contributed by atoms with Crippen molar-refractivity contribution in [1.82, 2.24) is 5.32 Å². The first kappa shape index (κ1) is 23.9. The number of carboxylic acid groups (broad SMARTS) is 1. The molecule has 4 nitrogen and oxygen atoms in total. The highest BCUT2D eigenvalue weighted by molar-refractivity contribution is 5.89. The summed E-state index contributed by atoms with van der Waals surface area (Å²) >= 11 is 0. The van der Waals surface area contributed by atoms with E-state index in [1.54, 1.807) is 18.2 Å². The van der Waals surface area contributed by atoms with Gasteiger partial charge in [0.15, 0.2) is 0 Å². The van der Waals surface area contributed by atoms with Gasteiger partial charge in [-0.05, 0) is 71.9 Å². The maximum absolute atomic E-state index is 14.2. The van der Waals surface area contributed by atoms with Gasteiger partial charge in [-0.15, -0.1) is 0 Å². The van der Waals surface area contributed by atoms with Crippen molar-refractivity contribution < 1.29 is 27.8 Å². The predicted octanol–water partition coefficient (Wildman–Crippen LogP) is 6.41. The second kappa shape index (κ2) is 8.82. The lowest BCUT2D eigenvalue weighted by Crippen LogP contribution is -2.58. The average molecular weight is 464 g/mol. The topological polar surface area (TPSA) is 58.6 Å². The van der Waals surface area contributed by atoms with Crippen LogP contribution in [0.1, 0.15) is 64.0 Å². The molecule has 2 N–H and O–H groups in total. The molecule has 2 aliphatic carbocycles. The van der Waals surface area contributed by atoms with Gasteiger partial charge in [0, 0.05) is 12.6 Å². The summed E-state index contributed by atoms with van der Waals surface area (Å²) in [5, 5.41) is 13.3. The van der Waals surface area contributed by atoms with E-state index >= 15 is 0 Å². The number of nitrogens with one attached hydrogen (secondary N) is 1. The van der Waals surface area contributed by atoms with Crippen LogP contribution < -0.4 is 10.1 Å². The number of hydrogen-bond acceptors (Lipinski definition) is 3. The molecule has 180 valence electrons. The molecule has 0 aliphatic heterocycles. The van der Waals surface area contributed by atoms with Crippen molar-refractivity contribution in [2.45, 2.75) is 77.7 Å². The minimum Gasteiger partial charge on any atom is -0.490 e. The van der Waals surface area contributed by atoms with E-state index in [-0.39, 0.29) is 23.3 Å². The van der Waals surface area contributed by atoms with Gasteiger partial charge in [-0.3, -0.25) is 4.79 Å². The molecular formula is C26H32F3NO3. The maximum atomic E-state index is 14.2. The number of halogens is 3. The molecular weight excluding hydrogens is 431 g/mol. The fourth-order valence-electron chi connectivity index (χ4n) is 5.31. The molecule has 2 aliphatic rings. The van der Waals surface area contributed by atoms with Crippen LogP contribution in [0.5, 0.6) is 5.75 Å². The lowest BCUT2D eigenvalue weighted by Gasteiger charge is -2.50. The van der Waals surface area contributed by atoms with Crippen LogP contribution in [0.4, 0.5) is 13.2 Å². The maximum Gasteiger partial charge on any atom is 0.420 e. The molecule has 0 spiro atoms. The Balaban J connectivity index is 1.57. The van der Waals surface area contributed by atoms with E-state index < -0.39 is 29.0 Å². The summed E-state index contributed by atoms with van der Waals surface area (Å²) in [4.78, 5) is 11.3. The minimum atomic E-state index is -4.53. The molecule has 2 saturated carbocycles. The predicted molar refractivity (Wildman–Crippen MR) is 121 cm³/mol. The Hall–Kier alpha value is -2.28. The zero-order valence-corrected chi connectivity index (χ0v) is 19.3. The SMILES string of the molecule is CC1CCC(Oc2ccc3ccc(CNC4CC(C(=O)O)C4(C)C)cc3c2C(F)(F)F)CC1. The van der Waals surface area contributed by atoms with Gasteiger partial charge >= 0.3 is 12.1 Å². The van der Waals surface area contributed by atoms with E-state index in [2.05, 4.69) is 12.2 Å². The van der Waals surface area contributed by atoms with Crippen molar-refractivity contribution in [2.75, 3.05) is 0 Å². The third kappa shape index (κ3) is 4.84. The van der Waals surface area contributed by atoms with Gasteiger partial charge in [0.05, 0.1) is 12.0 Å². The number of carbonyl (C=O) groups is 1. The molecule has 0 aromatic heterocycles. The molecule has 2 aromatic rings. The number of aliphatic carboxylic acids is 1. The Bertz CT molecular complexity index is 1030. The molecule has 2 aromatic carbocycles. The molecule has 0 saturated heterocycles. The van der Waals surface area contributed by atoms with Crippen molar-refractivity contribution in [1.29, 1.82) is 0 Å². The van der Waals surface area contributed by atoms with Gasteiger partial charge in [-0.2, -0.15) is 13.2 Å². The second-order valence-corrected chi connectivity index (χ2v) is 10.4. The normalized spacial score (nSPS) is 27.2. The highest BCUT2D eigenvalue weighted by Gasteiger charge is 2.51. The van der Waals surface area contributed by atoms with Crippen LogP contribution in [0.3, 0.4) is 0 Å². The minimum absolute atomic E-state index is 0.000237. The first-order chi connectivity index (χ1) is 15.5. The van der Waals surface area contributed by atoms with E-state index in [0.717, 1.165) is 31.2 Å². The van der Waals surface area contributed by atoms with Crippen LogP contribution in [-0.4, -0.2) is 23.2 Å². The summed E-state index contributed by atoms with van der Waals surface area (Å²) in [5.74, 6) is -0.724. The molecule has 0 amide bonds. The Morgan fingerprint density at radius 1 is 1.15 bits per heavy atom. The zero-order valence-electron chi connectivity index (χ0n) is 19.3. The Morgan fingerprint density at radius 3 is 2.42 bits per heavy atom. The number of rotatable bonds is 6. The monoisotopic (exact) mass is 463 g/mol. The third-order valence-electron chi connectivity index (χ3n) is 7.71. The van der Waals surface area contributed by atoms with E-state index in [1.165, 1.54) is 6.07 Å². The smallest absolute Gasteiger partial charge is 0.420 e. The number of ether oxygens (including phenoxy) is 1. The van der Waals surface area contributed by atoms with Gasteiger partial charge in [0.1, 0.15) is 11.3 Å². The number of fused-ring (bicyclic) bond motifs is 1. The molecule has 33 heavy (non-hydrogen) atoms. The van der Waals surface area contributed by atoms with E-state index in [4.69, 9.17) is 4.74 Å². The van der Waals surface area contributed by atoms with Crippen LogP contribution in [0.25, 0.3) is 10.8 Å².